The largest absolute Gasteiger partial charge is 0.394 e. The highest BCUT2D eigenvalue weighted by atomic mass is 16.3. The van der Waals surface area contributed by atoms with Gasteiger partial charge in [0.25, 0.3) is 0 Å². The van der Waals surface area contributed by atoms with E-state index in [1.807, 2.05) is 117 Å². The Labute approximate surface area is 661 Å². The van der Waals surface area contributed by atoms with Crippen LogP contribution in [0.1, 0.15) is 125 Å². The summed E-state index contributed by atoms with van der Waals surface area (Å²) in [5, 5.41) is 127. The van der Waals surface area contributed by atoms with Gasteiger partial charge in [0.15, 0.2) is 0 Å². The Morgan fingerprint density at radius 2 is 0.504 bits per heavy atom. The molecule has 0 aliphatic carbocycles. The van der Waals surface area contributed by atoms with Crippen LogP contribution in [-0.2, 0) is 26.2 Å². The van der Waals surface area contributed by atoms with Crippen LogP contribution in [0.2, 0.25) is 0 Å². The molecule has 0 fully saturated rings. The van der Waals surface area contributed by atoms with Crippen molar-refractivity contribution in [1.82, 2.24) is 137 Å². The number of nitrogens with zero attached hydrogens (tertiary/aromatic N) is 28. The molecule has 0 aromatic carbocycles. The summed E-state index contributed by atoms with van der Waals surface area (Å²) in [5.74, 6) is 0. The summed E-state index contributed by atoms with van der Waals surface area (Å²) in [4.78, 5) is 19.4. The lowest BCUT2D eigenvalue weighted by molar-refractivity contribution is 0.0782. The summed E-state index contributed by atoms with van der Waals surface area (Å²) in [6, 6.07) is 9.01. The summed E-state index contributed by atoms with van der Waals surface area (Å²) in [5.41, 5.74) is 16.6. The molecule has 8 atom stereocenters. The Balaban J connectivity index is 0.000000134. The summed E-state index contributed by atoms with van der Waals surface area (Å²) in [7, 11) is 0. The number of aliphatic hydroxyl groups excluding tert-OH is 8. The summed E-state index contributed by atoms with van der Waals surface area (Å²) < 4.78 is 21.4. The van der Waals surface area contributed by atoms with Crippen molar-refractivity contribution in [3.63, 3.8) is 0 Å². The Morgan fingerprint density at radius 3 is 0.722 bits per heavy atom. The summed E-state index contributed by atoms with van der Waals surface area (Å²) in [6.45, 7) is 16.9. The van der Waals surface area contributed by atoms with E-state index in [4.69, 9.17) is 40.4 Å². The molecule has 0 spiro atoms. The Morgan fingerprint density at radius 1 is 0.278 bits per heavy atom. The molecule has 0 saturated heterocycles. The zero-order chi connectivity index (χ0) is 80.8. The highest BCUT2D eigenvalue weighted by molar-refractivity contribution is 5.81. The van der Waals surface area contributed by atoms with E-state index in [9.17, 15) is 20.4 Å². The maximum atomic E-state index is 9.63. The minimum Gasteiger partial charge on any atom is -0.394 e. The monoisotopic (exact) mass is 1570 g/mol. The molecule has 0 aliphatic rings. The first kappa shape index (κ1) is 80.9. The normalized spacial score (nSPS) is 13.8. The fourth-order valence-corrected chi connectivity index (χ4v) is 13.2. The molecule has 0 aliphatic heterocycles. The molecule has 0 bridgehead atoms. The Hall–Kier alpha value is -12.2. The van der Waals surface area contributed by atoms with E-state index in [2.05, 4.69) is 117 Å². The van der Waals surface area contributed by atoms with Crippen LogP contribution in [0.3, 0.4) is 0 Å². The van der Waals surface area contributed by atoms with Crippen LogP contribution in [0.4, 0.5) is 0 Å². The van der Waals surface area contributed by atoms with Gasteiger partial charge in [0.05, 0.1) is 244 Å². The quantitative estimate of drug-likeness (QED) is 0.0202. The molecular weight excluding hydrogens is 1470 g/mol. The third kappa shape index (κ3) is 19.1. The van der Waals surface area contributed by atoms with Crippen LogP contribution in [0, 0.1) is 0 Å². The first-order valence-corrected chi connectivity index (χ1v) is 38.7. The zero-order valence-corrected chi connectivity index (χ0v) is 65.5. The number of aliphatic hydroxyl groups is 8. The molecule has 36 nitrogen and oxygen atoms in total. The van der Waals surface area contributed by atoms with E-state index in [0.29, 0.717) is 29.9 Å². The van der Waals surface area contributed by atoms with Crippen LogP contribution >= 0.6 is 0 Å². The smallest absolute Gasteiger partial charge is 0.0999 e. The third-order valence-corrected chi connectivity index (χ3v) is 19.7. The summed E-state index contributed by atoms with van der Waals surface area (Å²) >= 11 is 0. The van der Waals surface area contributed by atoms with Gasteiger partial charge in [-0.05, 0) is 77.6 Å². The molecule has 0 amide bonds. The molecule has 16 aromatic heterocycles. The van der Waals surface area contributed by atoms with E-state index < -0.39 is 24.4 Å². The van der Waals surface area contributed by atoms with Gasteiger partial charge in [-0.1, -0.05) is 47.0 Å². The van der Waals surface area contributed by atoms with Crippen LogP contribution in [0.5, 0.6) is 0 Å². The van der Waals surface area contributed by atoms with Crippen molar-refractivity contribution < 1.29 is 40.9 Å². The lowest BCUT2D eigenvalue weighted by atomic mass is 10.2. The lowest BCUT2D eigenvalue weighted by Crippen LogP contribution is -2.19. The van der Waals surface area contributed by atoms with Crippen molar-refractivity contribution in [1.29, 1.82) is 0 Å². The molecular formula is C79H98N28O8. The van der Waals surface area contributed by atoms with Gasteiger partial charge in [-0.3, -0.25) is 37.5 Å². The van der Waals surface area contributed by atoms with Crippen molar-refractivity contribution in [3.8, 4) is 90.1 Å². The molecule has 8 N–H and O–H groups in total. The van der Waals surface area contributed by atoms with Gasteiger partial charge >= 0.3 is 0 Å². The maximum Gasteiger partial charge on any atom is 0.0999 e. The lowest BCUT2D eigenvalue weighted by Gasteiger charge is -2.10. The molecule has 0 unspecified atom stereocenters. The standard InChI is InChI=1S/3C20H25N7O2.C19H23N7O2/c3*1-3-4-14(2)26-10-16(8-23-26)20-19-5-6-21-27(19)12-18(24-20)15-7-22-25(9-15)11-17(29)13-28;1-3-13(2)25-9-15(7-22-25)19-18-4-5-20-26(18)11-17(23-19)14-6-21-24(8-14)10-16(28)12-27/h3*5-10,12,14,17,28-29H,3-4,11,13H2,1-2H3;4-9,11,13,16,27-28H,3,10,12H2,1-2H3/t2*14-,17+;14-,17-;13-,16+/m1011/s1. The molecule has 16 rings (SSSR count). The van der Waals surface area contributed by atoms with Crippen molar-refractivity contribution >= 4 is 22.1 Å². The van der Waals surface area contributed by atoms with Crippen LogP contribution in [0.15, 0.2) is 173 Å². The molecule has 16 aromatic rings. The van der Waals surface area contributed by atoms with E-state index >= 15 is 0 Å². The van der Waals surface area contributed by atoms with Crippen LogP contribution < -0.4 is 0 Å². The van der Waals surface area contributed by atoms with E-state index in [1.165, 1.54) is 0 Å². The zero-order valence-electron chi connectivity index (χ0n) is 65.5. The minimum atomic E-state index is -0.851. The summed E-state index contributed by atoms with van der Waals surface area (Å²) in [6.07, 6.45) is 47.9. The second-order valence-corrected chi connectivity index (χ2v) is 28.7. The average Bonchev–Trinajstić information content (AvgIpc) is 1.41. The van der Waals surface area contributed by atoms with Gasteiger partial charge in [-0.15, -0.1) is 0 Å². The molecule has 0 saturated carbocycles. The van der Waals surface area contributed by atoms with Crippen molar-refractivity contribution in [2.75, 3.05) is 26.4 Å². The first-order chi connectivity index (χ1) is 55.8. The fourth-order valence-electron chi connectivity index (χ4n) is 13.2. The van der Waals surface area contributed by atoms with Gasteiger partial charge in [0, 0.05) is 118 Å². The second kappa shape index (κ2) is 37.2. The van der Waals surface area contributed by atoms with E-state index in [0.717, 1.165) is 151 Å². The predicted octanol–water partition coefficient (Wildman–Crippen LogP) is 8.29. The van der Waals surface area contributed by atoms with Gasteiger partial charge in [-0.25, -0.2) is 38.0 Å². The Kier molecular flexibility index (Phi) is 26.2. The van der Waals surface area contributed by atoms with Crippen LogP contribution in [0.25, 0.3) is 112 Å². The third-order valence-electron chi connectivity index (χ3n) is 19.7. The minimum absolute atomic E-state index is 0.217. The van der Waals surface area contributed by atoms with E-state index in [1.54, 1.807) is 111 Å². The topological polar surface area (TPSA) is 425 Å². The number of hydrogen-bond donors (Lipinski definition) is 8. The van der Waals surface area contributed by atoms with Crippen LogP contribution in [-0.4, -0.2) is 228 Å². The van der Waals surface area contributed by atoms with Gasteiger partial charge in [0.2, 0.25) is 0 Å². The molecule has 16 heterocycles. The van der Waals surface area contributed by atoms with Gasteiger partial charge in [0.1, 0.15) is 0 Å². The van der Waals surface area contributed by atoms with Crippen molar-refractivity contribution in [2.45, 2.75) is 175 Å². The maximum absolute atomic E-state index is 9.63. The molecule has 602 valence electrons. The average molecular weight is 1570 g/mol. The number of fused-ring (bicyclic) bond motifs is 4. The number of aromatic nitrogens is 28. The SMILES string of the molecule is CCC[C@@H](C)n1cc(-c2nc(-c3cnn(C[C@@H](O)CO)c3)cn3nccc23)cn1.CCC[C@@H](C)n1cc(-c2nc(-c3cnn(C[C@H](O)CO)c3)cn3nccc23)cn1.CCC[C@H](C)n1cc(-c2nc(-c3cnn(C[C@@H](O)CO)c3)cn3nccc23)cn1.CC[C@@H](C)n1cc(-c2nc(-c3cnn(C[C@H](O)CO)c3)cn3nccc23)cn1. The van der Waals surface area contributed by atoms with Gasteiger partial charge in [-0.2, -0.15) is 61.2 Å². The molecule has 0 radical (unpaired) electrons. The fraction of sp³-hybridized carbons (Fsp3) is 0.392. The second-order valence-electron chi connectivity index (χ2n) is 28.7. The Bertz CT molecular complexity index is 5350. The number of hydrogen-bond acceptors (Lipinski definition) is 24. The van der Waals surface area contributed by atoms with Crippen molar-refractivity contribution in [3.05, 3.63) is 173 Å². The first-order valence-electron chi connectivity index (χ1n) is 38.7. The van der Waals surface area contributed by atoms with Gasteiger partial charge < -0.3 is 40.9 Å². The van der Waals surface area contributed by atoms with Crippen molar-refractivity contribution in [2.24, 2.45) is 0 Å². The number of rotatable bonds is 31. The van der Waals surface area contributed by atoms with E-state index in [-0.39, 0.29) is 52.6 Å². The predicted molar refractivity (Wildman–Crippen MR) is 428 cm³/mol. The molecule has 115 heavy (non-hydrogen) atoms. The highest BCUT2D eigenvalue weighted by Crippen LogP contribution is 2.33. The highest BCUT2D eigenvalue weighted by Gasteiger charge is 2.22. The molecule has 36 heteroatoms.